The van der Waals surface area contributed by atoms with Crippen LogP contribution in [0.2, 0.25) is 0 Å². The van der Waals surface area contributed by atoms with Crippen molar-refractivity contribution in [2.24, 2.45) is 0 Å². The van der Waals surface area contributed by atoms with Crippen molar-refractivity contribution in [1.29, 1.82) is 0 Å². The SMILES string of the molecule is CCC=CCC=CCC=CCC=CCCCCCCC(=O)OC(CO)COC(=O)CCCCC=CCC=CCC=CCC=CCC. The van der Waals surface area contributed by atoms with Crippen LogP contribution in [0.25, 0.3) is 0 Å². The summed E-state index contributed by atoms with van der Waals surface area (Å²) in [5.41, 5.74) is 0. The molecule has 1 N–H and O–H groups in total. The van der Waals surface area contributed by atoms with E-state index in [-0.39, 0.29) is 25.2 Å². The van der Waals surface area contributed by atoms with E-state index < -0.39 is 6.10 Å². The molecular formula is C41H64O5. The molecule has 0 fully saturated rings. The van der Waals surface area contributed by atoms with Crippen LogP contribution in [0.15, 0.2) is 97.2 Å². The second kappa shape index (κ2) is 36.3. The summed E-state index contributed by atoms with van der Waals surface area (Å²) in [5, 5.41) is 9.52. The predicted molar refractivity (Wildman–Crippen MR) is 195 cm³/mol. The summed E-state index contributed by atoms with van der Waals surface area (Å²) in [6, 6.07) is 0. The standard InChI is InChI=1S/C41H64O5/c1-3-5-7-9-11-13-15-17-19-20-22-24-26-28-30-32-34-36-41(44)46-39(37-42)38-45-40(43)35-33-31-29-27-25-23-21-18-16-14-12-10-8-6-4-2/h5-8,11-14,17-19,21-22,24-25,27,39,42H,3-4,9-10,15-16,20,23,26,28-38H2,1-2H3. The van der Waals surface area contributed by atoms with Gasteiger partial charge in [0.25, 0.3) is 0 Å². The van der Waals surface area contributed by atoms with Gasteiger partial charge in [-0.15, -0.1) is 0 Å². The third-order valence-electron chi connectivity index (χ3n) is 6.87. The molecule has 0 spiro atoms. The normalized spacial score (nSPS) is 13.4. The third kappa shape index (κ3) is 33.7. The first-order valence-corrected chi connectivity index (χ1v) is 17.8. The van der Waals surface area contributed by atoms with Crippen molar-refractivity contribution in [3.8, 4) is 0 Å². The van der Waals surface area contributed by atoms with Gasteiger partial charge in [0, 0.05) is 12.8 Å². The number of esters is 2. The Morgan fingerprint density at radius 2 is 0.870 bits per heavy atom. The van der Waals surface area contributed by atoms with Gasteiger partial charge < -0.3 is 14.6 Å². The van der Waals surface area contributed by atoms with E-state index in [1.165, 1.54) is 0 Å². The van der Waals surface area contributed by atoms with Crippen LogP contribution in [0, 0.1) is 0 Å². The van der Waals surface area contributed by atoms with Gasteiger partial charge in [0.15, 0.2) is 6.10 Å². The molecule has 0 amide bonds. The van der Waals surface area contributed by atoms with Crippen molar-refractivity contribution in [1.82, 2.24) is 0 Å². The number of aliphatic hydroxyl groups excluding tert-OH is 1. The van der Waals surface area contributed by atoms with Gasteiger partial charge in [0.2, 0.25) is 0 Å². The molecular weight excluding hydrogens is 572 g/mol. The Morgan fingerprint density at radius 1 is 0.500 bits per heavy atom. The van der Waals surface area contributed by atoms with Gasteiger partial charge in [-0.25, -0.2) is 0 Å². The minimum absolute atomic E-state index is 0.104. The summed E-state index contributed by atoms with van der Waals surface area (Å²) in [5.74, 6) is -0.681. The summed E-state index contributed by atoms with van der Waals surface area (Å²) >= 11 is 0. The maximum absolute atomic E-state index is 12.1. The summed E-state index contributed by atoms with van der Waals surface area (Å²) in [7, 11) is 0. The monoisotopic (exact) mass is 636 g/mol. The topological polar surface area (TPSA) is 72.8 Å². The van der Waals surface area contributed by atoms with Crippen LogP contribution in [-0.2, 0) is 19.1 Å². The van der Waals surface area contributed by atoms with Gasteiger partial charge in [-0.05, 0) is 89.9 Å². The molecule has 0 aliphatic carbocycles. The molecule has 0 aromatic carbocycles. The van der Waals surface area contributed by atoms with Gasteiger partial charge in [-0.3, -0.25) is 9.59 Å². The van der Waals surface area contributed by atoms with Gasteiger partial charge in [0.1, 0.15) is 6.61 Å². The lowest BCUT2D eigenvalue weighted by Crippen LogP contribution is -2.28. The molecule has 5 nitrogen and oxygen atoms in total. The Balaban J connectivity index is 3.74. The molecule has 0 aromatic rings. The molecule has 1 unspecified atom stereocenters. The highest BCUT2D eigenvalue weighted by Gasteiger charge is 2.16. The molecule has 0 heterocycles. The number of hydrogen-bond acceptors (Lipinski definition) is 5. The van der Waals surface area contributed by atoms with E-state index >= 15 is 0 Å². The number of allylic oxidation sites excluding steroid dienone is 16. The molecule has 0 radical (unpaired) electrons. The quantitative estimate of drug-likeness (QED) is 0.0482. The Bertz CT molecular complexity index is 948. The molecule has 0 saturated carbocycles. The zero-order valence-corrected chi connectivity index (χ0v) is 29.0. The van der Waals surface area contributed by atoms with E-state index in [4.69, 9.17) is 9.47 Å². The summed E-state index contributed by atoms with van der Waals surface area (Å²) in [6.45, 7) is 3.82. The van der Waals surface area contributed by atoms with Crippen molar-refractivity contribution in [3.63, 3.8) is 0 Å². The highest BCUT2D eigenvalue weighted by atomic mass is 16.6. The average molecular weight is 637 g/mol. The molecule has 1 atom stereocenters. The summed E-state index contributed by atoms with van der Waals surface area (Å²) in [6.07, 6.45) is 50.3. The van der Waals surface area contributed by atoms with E-state index in [0.717, 1.165) is 103 Å². The Hall–Kier alpha value is -3.18. The number of carbonyl (C=O) groups is 2. The second-order valence-corrected chi connectivity index (χ2v) is 11.2. The highest BCUT2D eigenvalue weighted by molar-refractivity contribution is 5.70. The predicted octanol–water partition coefficient (Wildman–Crippen LogP) is 10.9. The largest absolute Gasteiger partial charge is 0.462 e. The highest BCUT2D eigenvalue weighted by Crippen LogP contribution is 2.09. The lowest BCUT2D eigenvalue weighted by atomic mass is 10.1. The second-order valence-electron chi connectivity index (χ2n) is 11.2. The number of hydrogen-bond donors (Lipinski definition) is 1. The fourth-order valence-corrected chi connectivity index (χ4v) is 4.24. The molecule has 0 rings (SSSR count). The van der Waals surface area contributed by atoms with Gasteiger partial charge in [0.05, 0.1) is 6.61 Å². The maximum Gasteiger partial charge on any atom is 0.306 e. The van der Waals surface area contributed by atoms with Crippen LogP contribution in [-0.4, -0.2) is 36.4 Å². The summed E-state index contributed by atoms with van der Waals surface area (Å²) in [4.78, 5) is 24.2. The fourth-order valence-electron chi connectivity index (χ4n) is 4.24. The van der Waals surface area contributed by atoms with E-state index in [1.807, 2.05) is 0 Å². The molecule has 0 bridgehead atoms. The maximum atomic E-state index is 12.1. The number of ether oxygens (including phenoxy) is 2. The van der Waals surface area contributed by atoms with Crippen molar-refractivity contribution in [2.75, 3.05) is 13.2 Å². The minimum atomic E-state index is -0.806. The van der Waals surface area contributed by atoms with Crippen LogP contribution in [0.1, 0.15) is 129 Å². The molecule has 258 valence electrons. The molecule has 0 aliphatic rings. The number of aliphatic hydroxyl groups is 1. The lowest BCUT2D eigenvalue weighted by Gasteiger charge is -2.15. The van der Waals surface area contributed by atoms with Crippen molar-refractivity contribution in [2.45, 2.75) is 136 Å². The molecule has 46 heavy (non-hydrogen) atoms. The summed E-state index contributed by atoms with van der Waals surface area (Å²) < 4.78 is 10.5. The molecule has 0 aromatic heterocycles. The van der Waals surface area contributed by atoms with Gasteiger partial charge in [-0.1, -0.05) is 124 Å². The van der Waals surface area contributed by atoms with Crippen molar-refractivity contribution < 1.29 is 24.2 Å². The van der Waals surface area contributed by atoms with Gasteiger partial charge >= 0.3 is 11.9 Å². The minimum Gasteiger partial charge on any atom is -0.462 e. The Labute approximate surface area is 281 Å². The van der Waals surface area contributed by atoms with Crippen LogP contribution in [0.3, 0.4) is 0 Å². The average Bonchev–Trinajstić information content (AvgIpc) is 3.06. The third-order valence-corrected chi connectivity index (χ3v) is 6.87. The van der Waals surface area contributed by atoms with Gasteiger partial charge in [-0.2, -0.15) is 0 Å². The van der Waals surface area contributed by atoms with Crippen LogP contribution >= 0.6 is 0 Å². The Morgan fingerprint density at radius 3 is 1.33 bits per heavy atom. The van der Waals surface area contributed by atoms with Crippen molar-refractivity contribution >= 4 is 11.9 Å². The smallest absolute Gasteiger partial charge is 0.306 e. The van der Waals surface area contributed by atoms with Crippen LogP contribution in [0.5, 0.6) is 0 Å². The molecule has 0 aliphatic heterocycles. The van der Waals surface area contributed by atoms with Crippen LogP contribution in [0.4, 0.5) is 0 Å². The molecule has 5 heteroatoms. The first-order valence-electron chi connectivity index (χ1n) is 17.8. The Kier molecular flexibility index (Phi) is 33.8. The van der Waals surface area contributed by atoms with E-state index in [0.29, 0.717) is 12.8 Å². The van der Waals surface area contributed by atoms with Crippen molar-refractivity contribution in [3.05, 3.63) is 97.2 Å². The number of carbonyl (C=O) groups excluding carboxylic acids is 2. The molecule has 0 saturated heterocycles. The van der Waals surface area contributed by atoms with E-state index in [1.54, 1.807) is 0 Å². The van der Waals surface area contributed by atoms with E-state index in [2.05, 4.69) is 111 Å². The fraction of sp³-hybridized carbons (Fsp3) is 0.561. The van der Waals surface area contributed by atoms with E-state index in [9.17, 15) is 14.7 Å². The zero-order valence-electron chi connectivity index (χ0n) is 29.0. The first-order chi connectivity index (χ1) is 22.6. The zero-order chi connectivity index (χ0) is 33.6. The number of unbranched alkanes of at least 4 members (excludes halogenated alkanes) is 6. The lowest BCUT2D eigenvalue weighted by molar-refractivity contribution is -0.161. The van der Waals surface area contributed by atoms with Crippen LogP contribution < -0.4 is 0 Å². The number of rotatable bonds is 30. The first kappa shape index (κ1) is 42.8.